The minimum atomic E-state index is -1.58. The number of aliphatic hydroxyl groups is 2. The van der Waals surface area contributed by atoms with E-state index in [0.717, 1.165) is 33.3 Å². The largest absolute Gasteiger partial charge is 0.363 e. The zero-order valence-electron chi connectivity index (χ0n) is 11.6. The van der Waals surface area contributed by atoms with E-state index in [2.05, 4.69) is 10.1 Å². The molecule has 20 heavy (non-hydrogen) atoms. The van der Waals surface area contributed by atoms with E-state index < -0.39 is 6.29 Å². The van der Waals surface area contributed by atoms with Crippen LogP contribution in [0, 0.1) is 20.8 Å². The Labute approximate surface area is 115 Å². The number of aliphatic hydroxyl groups excluding tert-OH is 1. The summed E-state index contributed by atoms with van der Waals surface area (Å²) >= 11 is 0. The molecular formula is C15H16N2O3. The lowest BCUT2D eigenvalue weighted by Crippen LogP contribution is -1.98. The van der Waals surface area contributed by atoms with Crippen molar-refractivity contribution in [3.63, 3.8) is 0 Å². The van der Waals surface area contributed by atoms with Crippen molar-refractivity contribution in [3.8, 4) is 11.1 Å². The Hall–Kier alpha value is -2.11. The van der Waals surface area contributed by atoms with Crippen LogP contribution in [0.5, 0.6) is 0 Å². The molecule has 0 atom stereocenters. The SMILES string of the molecule is Cc1noc(C)c1-c1c(C(O)O)[nH]c2c(C)cccc12. The van der Waals surface area contributed by atoms with Gasteiger partial charge in [0.25, 0.3) is 0 Å². The van der Waals surface area contributed by atoms with Gasteiger partial charge < -0.3 is 19.7 Å². The van der Waals surface area contributed by atoms with Crippen molar-refractivity contribution in [2.45, 2.75) is 27.1 Å². The number of aryl methyl sites for hydroxylation is 3. The molecule has 0 amide bonds. The van der Waals surface area contributed by atoms with Crippen molar-refractivity contribution >= 4 is 10.9 Å². The number of nitrogens with zero attached hydrogens (tertiary/aromatic N) is 1. The third-order valence-corrected chi connectivity index (χ3v) is 3.61. The number of aromatic amines is 1. The van der Waals surface area contributed by atoms with Gasteiger partial charge in [-0.05, 0) is 26.3 Å². The molecule has 0 saturated heterocycles. The minimum Gasteiger partial charge on any atom is -0.363 e. The summed E-state index contributed by atoms with van der Waals surface area (Å²) in [4.78, 5) is 3.11. The predicted octanol–water partition coefficient (Wildman–Crippen LogP) is 2.73. The quantitative estimate of drug-likeness (QED) is 0.626. The molecular weight excluding hydrogens is 256 g/mol. The van der Waals surface area contributed by atoms with Gasteiger partial charge in [0, 0.05) is 22.0 Å². The van der Waals surface area contributed by atoms with Crippen LogP contribution in [-0.2, 0) is 0 Å². The maximum atomic E-state index is 9.65. The van der Waals surface area contributed by atoms with Gasteiger partial charge in [-0.2, -0.15) is 0 Å². The summed E-state index contributed by atoms with van der Waals surface area (Å²) in [5.74, 6) is 0.659. The molecule has 2 heterocycles. The number of aromatic nitrogens is 2. The lowest BCUT2D eigenvalue weighted by Gasteiger charge is -2.06. The summed E-state index contributed by atoms with van der Waals surface area (Å²) in [6.45, 7) is 5.63. The Morgan fingerprint density at radius 3 is 2.50 bits per heavy atom. The Kier molecular flexibility index (Phi) is 2.88. The Morgan fingerprint density at radius 1 is 1.15 bits per heavy atom. The molecule has 3 aromatic rings. The highest BCUT2D eigenvalue weighted by Crippen LogP contribution is 2.39. The second kappa shape index (κ2) is 4.47. The van der Waals surface area contributed by atoms with Crippen molar-refractivity contribution in [3.05, 3.63) is 40.9 Å². The van der Waals surface area contributed by atoms with E-state index in [9.17, 15) is 10.2 Å². The number of hydrogen-bond acceptors (Lipinski definition) is 4. The maximum absolute atomic E-state index is 9.65. The van der Waals surface area contributed by atoms with Crippen molar-refractivity contribution in [2.75, 3.05) is 0 Å². The number of hydrogen-bond donors (Lipinski definition) is 3. The van der Waals surface area contributed by atoms with Crippen LogP contribution in [0.25, 0.3) is 22.0 Å². The van der Waals surface area contributed by atoms with Crippen LogP contribution in [0.1, 0.15) is 29.0 Å². The minimum absolute atomic E-state index is 0.365. The van der Waals surface area contributed by atoms with Crippen LogP contribution < -0.4 is 0 Å². The molecule has 0 unspecified atom stereocenters. The van der Waals surface area contributed by atoms with Gasteiger partial charge in [-0.15, -0.1) is 0 Å². The van der Waals surface area contributed by atoms with Gasteiger partial charge >= 0.3 is 0 Å². The molecule has 0 aliphatic heterocycles. The zero-order chi connectivity index (χ0) is 14.4. The molecule has 0 saturated carbocycles. The molecule has 5 heteroatoms. The van der Waals surface area contributed by atoms with E-state index in [0.29, 0.717) is 11.5 Å². The van der Waals surface area contributed by atoms with Crippen molar-refractivity contribution < 1.29 is 14.7 Å². The van der Waals surface area contributed by atoms with E-state index in [1.54, 1.807) is 0 Å². The second-order valence-electron chi connectivity index (χ2n) is 4.98. The monoisotopic (exact) mass is 272 g/mol. The van der Waals surface area contributed by atoms with E-state index >= 15 is 0 Å². The lowest BCUT2D eigenvalue weighted by molar-refractivity contribution is -0.0448. The summed E-state index contributed by atoms with van der Waals surface area (Å²) < 4.78 is 5.21. The van der Waals surface area contributed by atoms with Gasteiger partial charge in [-0.1, -0.05) is 23.4 Å². The van der Waals surface area contributed by atoms with Crippen molar-refractivity contribution in [1.29, 1.82) is 0 Å². The molecule has 0 radical (unpaired) electrons. The molecule has 2 aromatic heterocycles. The molecule has 0 spiro atoms. The molecule has 0 fully saturated rings. The fourth-order valence-corrected chi connectivity index (χ4v) is 2.69. The van der Waals surface area contributed by atoms with E-state index in [-0.39, 0.29) is 0 Å². The Morgan fingerprint density at radius 2 is 1.90 bits per heavy atom. The highest BCUT2D eigenvalue weighted by molar-refractivity contribution is 5.99. The molecule has 0 bridgehead atoms. The maximum Gasteiger partial charge on any atom is 0.194 e. The summed E-state index contributed by atoms with van der Waals surface area (Å²) in [6.07, 6.45) is -1.58. The fraction of sp³-hybridized carbons (Fsp3) is 0.267. The summed E-state index contributed by atoms with van der Waals surface area (Å²) in [6, 6.07) is 5.87. The first-order valence-corrected chi connectivity index (χ1v) is 6.41. The third-order valence-electron chi connectivity index (χ3n) is 3.61. The van der Waals surface area contributed by atoms with Crippen LogP contribution in [-0.4, -0.2) is 20.4 Å². The van der Waals surface area contributed by atoms with Crippen LogP contribution in [0.2, 0.25) is 0 Å². The van der Waals surface area contributed by atoms with Crippen LogP contribution >= 0.6 is 0 Å². The number of fused-ring (bicyclic) bond motifs is 1. The molecule has 104 valence electrons. The number of nitrogens with one attached hydrogen (secondary N) is 1. The number of benzene rings is 1. The smallest absolute Gasteiger partial charge is 0.194 e. The highest BCUT2D eigenvalue weighted by atomic mass is 16.5. The summed E-state index contributed by atoms with van der Waals surface area (Å²) in [5, 5.41) is 24.2. The second-order valence-corrected chi connectivity index (χ2v) is 4.98. The standard InChI is InChI=1S/C15H16N2O3/c1-7-5-4-6-10-12(11-8(2)17-20-9(11)3)14(15(18)19)16-13(7)10/h4-6,15-16,18-19H,1-3H3. The van der Waals surface area contributed by atoms with Crippen molar-refractivity contribution in [2.24, 2.45) is 0 Å². The van der Waals surface area contributed by atoms with E-state index in [1.165, 1.54) is 0 Å². The fourth-order valence-electron chi connectivity index (χ4n) is 2.69. The number of H-pyrrole nitrogens is 1. The van der Waals surface area contributed by atoms with Gasteiger partial charge in [0.05, 0.1) is 11.4 Å². The molecule has 3 N–H and O–H groups in total. The van der Waals surface area contributed by atoms with Gasteiger partial charge in [-0.3, -0.25) is 0 Å². The van der Waals surface area contributed by atoms with Gasteiger partial charge in [0.2, 0.25) is 0 Å². The molecule has 0 aliphatic carbocycles. The van der Waals surface area contributed by atoms with Gasteiger partial charge in [-0.25, -0.2) is 0 Å². The lowest BCUT2D eigenvalue weighted by atomic mass is 9.99. The van der Waals surface area contributed by atoms with Crippen molar-refractivity contribution in [1.82, 2.24) is 10.1 Å². The van der Waals surface area contributed by atoms with Crippen LogP contribution in [0.15, 0.2) is 22.7 Å². The molecule has 0 aliphatic rings. The zero-order valence-corrected chi connectivity index (χ0v) is 11.6. The number of rotatable bonds is 2. The summed E-state index contributed by atoms with van der Waals surface area (Å²) in [7, 11) is 0. The van der Waals surface area contributed by atoms with Gasteiger partial charge in [0.15, 0.2) is 6.29 Å². The predicted molar refractivity (Wildman–Crippen MR) is 75.2 cm³/mol. The summed E-state index contributed by atoms with van der Waals surface area (Å²) in [5.41, 5.74) is 4.59. The molecule has 3 rings (SSSR count). The molecule has 1 aromatic carbocycles. The Bertz CT molecular complexity index is 764. The average molecular weight is 272 g/mol. The topological polar surface area (TPSA) is 82.3 Å². The van der Waals surface area contributed by atoms with Gasteiger partial charge in [0.1, 0.15) is 5.76 Å². The first-order chi connectivity index (χ1) is 9.50. The number of para-hydroxylation sites is 1. The van der Waals surface area contributed by atoms with E-state index in [4.69, 9.17) is 4.52 Å². The van der Waals surface area contributed by atoms with Crippen LogP contribution in [0.3, 0.4) is 0 Å². The molecule has 5 nitrogen and oxygen atoms in total. The Balaban J connectivity index is 2.45. The first-order valence-electron chi connectivity index (χ1n) is 6.41. The third kappa shape index (κ3) is 1.75. The highest BCUT2D eigenvalue weighted by Gasteiger charge is 2.23. The normalized spacial score (nSPS) is 11.7. The average Bonchev–Trinajstić information content (AvgIpc) is 2.92. The first kappa shape index (κ1) is 12.9. The van der Waals surface area contributed by atoms with E-state index in [1.807, 2.05) is 39.0 Å². The van der Waals surface area contributed by atoms with Crippen LogP contribution in [0.4, 0.5) is 0 Å².